The van der Waals surface area contributed by atoms with Crippen LogP contribution in [-0.2, 0) is 0 Å². The molecule has 0 aromatic heterocycles. The molecule has 0 bridgehead atoms. The molecule has 0 atom stereocenters. The van der Waals surface area contributed by atoms with Crippen molar-refractivity contribution in [2.45, 2.75) is 0 Å². The van der Waals surface area contributed by atoms with Gasteiger partial charge in [0.25, 0.3) is 0 Å². The lowest BCUT2D eigenvalue weighted by Crippen LogP contribution is -2.80. The Morgan fingerprint density at radius 1 is 0.318 bits per heavy atom. The number of hydrogen-bond acceptors (Lipinski definition) is 0. The summed E-state index contributed by atoms with van der Waals surface area (Å²) in [4.78, 5) is 0. The van der Waals surface area contributed by atoms with Gasteiger partial charge < -0.3 is 5.32 Å². The van der Waals surface area contributed by atoms with Gasteiger partial charge in [-0.3, -0.25) is 0 Å². The summed E-state index contributed by atoms with van der Waals surface area (Å²) in [5, 5.41) is 2.00. The lowest BCUT2D eigenvalue weighted by atomic mass is 9.12. The van der Waals surface area contributed by atoms with Gasteiger partial charge >= 0.3 is 0 Å². The molecular weight excluding hydrogens is 641 g/mol. The molecule has 1 nitrogen and oxygen atoms in total. The van der Waals surface area contributed by atoms with Crippen molar-refractivity contribution >= 4 is 28.0 Å². The summed E-state index contributed by atoms with van der Waals surface area (Å²) in [7, 11) is 4.00. The van der Waals surface area contributed by atoms with E-state index < -0.39 is 145 Å². The van der Waals surface area contributed by atoms with Gasteiger partial charge in [-0.05, 0) is 0 Å². The van der Waals surface area contributed by atoms with E-state index in [0.717, 1.165) is 0 Å². The average molecular weight is 653 g/mol. The van der Waals surface area contributed by atoms with Crippen molar-refractivity contribution in [3.63, 3.8) is 0 Å². The first-order valence-electron chi connectivity index (χ1n) is 11.6. The highest BCUT2D eigenvalue weighted by Crippen LogP contribution is 2.27. The molecule has 0 aliphatic rings. The zero-order valence-electron chi connectivity index (χ0n) is 21.5. The van der Waals surface area contributed by atoms with Crippen molar-refractivity contribution in [3.8, 4) is 0 Å². The van der Waals surface area contributed by atoms with Crippen LogP contribution < -0.4 is 27.2 Å². The van der Waals surface area contributed by atoms with E-state index >= 15 is 35.1 Å². The van der Waals surface area contributed by atoms with Crippen LogP contribution in [0.25, 0.3) is 0 Å². The zero-order valence-corrected chi connectivity index (χ0v) is 21.5. The van der Waals surface area contributed by atoms with E-state index in [9.17, 15) is 35.1 Å². The topological polar surface area (TPSA) is 16.6 Å². The predicted octanol–water partition coefficient (Wildman–Crippen LogP) is 4.10. The van der Waals surface area contributed by atoms with Crippen molar-refractivity contribution in [1.29, 1.82) is 0 Å². The number of nitrogens with two attached hydrogens (primary N) is 1. The minimum Gasteiger partial charge on any atom is -0.351 e. The lowest BCUT2D eigenvalue weighted by Gasteiger charge is -2.44. The molecule has 0 fully saturated rings. The Labute approximate surface area is 235 Å². The minimum atomic E-state index is -6.18. The SMILES string of the molecule is C[NH2+]C.Fc1cc(F)c([B-](c2c(F)cc(F)c(F)c2F)(c2c(F)cc(F)c(F)c2F)c2c(F)cc(F)c(F)c2F)c(F)c1F. The van der Waals surface area contributed by atoms with E-state index in [-0.39, 0.29) is 0 Å². The zero-order chi connectivity index (χ0) is 33.6. The largest absolute Gasteiger partial charge is 0.351 e. The Morgan fingerprint density at radius 2 is 0.477 bits per heavy atom. The second-order valence-electron chi connectivity index (χ2n) is 8.97. The van der Waals surface area contributed by atoms with Crippen LogP contribution in [-0.4, -0.2) is 20.2 Å². The normalized spacial score (nSPS) is 11.5. The number of benzene rings is 4. The third-order valence-corrected chi connectivity index (χ3v) is 6.33. The number of quaternary nitrogens is 1. The Kier molecular flexibility index (Phi) is 9.67. The summed E-state index contributed by atoms with van der Waals surface area (Å²) < 4.78 is 235. The molecule has 0 aliphatic carbocycles. The molecule has 0 aliphatic heterocycles. The fraction of sp³-hybridized carbons (Fsp3) is 0.0769. The molecule has 0 saturated carbocycles. The van der Waals surface area contributed by atoms with Gasteiger partial charge in [0.15, 0.2) is 46.5 Å². The van der Waals surface area contributed by atoms with Gasteiger partial charge in [0, 0.05) is 24.3 Å². The van der Waals surface area contributed by atoms with Crippen LogP contribution in [0.1, 0.15) is 0 Å². The molecule has 0 unspecified atom stereocenters. The Bertz CT molecular complexity index is 1530. The van der Waals surface area contributed by atoms with Gasteiger partial charge in [0.1, 0.15) is 29.4 Å². The summed E-state index contributed by atoms with van der Waals surface area (Å²) in [6.07, 6.45) is -6.18. The van der Waals surface area contributed by atoms with Crippen molar-refractivity contribution in [3.05, 3.63) is 117 Å². The number of hydrogen-bond donors (Lipinski definition) is 1. The van der Waals surface area contributed by atoms with E-state index in [4.69, 9.17) is 0 Å². The first-order chi connectivity index (χ1) is 20.4. The Balaban J connectivity index is 0.00000169. The van der Waals surface area contributed by atoms with Gasteiger partial charge in [-0.25, -0.2) is 70.2 Å². The summed E-state index contributed by atoms with van der Waals surface area (Å²) in [5.41, 5.74) is -10.9. The molecule has 0 heterocycles. The van der Waals surface area contributed by atoms with Crippen molar-refractivity contribution in [2.24, 2.45) is 0 Å². The molecule has 0 amide bonds. The van der Waals surface area contributed by atoms with Gasteiger partial charge in [0.05, 0.1) is 37.4 Å². The maximum Gasteiger partial charge on any atom is 0.191 e. The minimum absolute atomic E-state index is 0.731. The molecule has 0 spiro atoms. The lowest BCUT2D eigenvalue weighted by molar-refractivity contribution is -0.597. The van der Waals surface area contributed by atoms with Gasteiger partial charge in [-0.15, -0.1) is 21.9 Å². The molecule has 2 N–H and O–H groups in total. The van der Waals surface area contributed by atoms with Crippen LogP contribution in [0, 0.1) is 93.1 Å². The highest BCUT2D eigenvalue weighted by molar-refractivity contribution is 7.20. The molecular formula is C26H12BF16N. The summed E-state index contributed by atoms with van der Waals surface area (Å²) >= 11 is 0. The number of rotatable bonds is 4. The van der Waals surface area contributed by atoms with Gasteiger partial charge in [-0.2, -0.15) is 0 Å². The monoisotopic (exact) mass is 653 g/mol. The molecule has 236 valence electrons. The van der Waals surface area contributed by atoms with Crippen LogP contribution in [0.3, 0.4) is 0 Å². The maximum absolute atomic E-state index is 15.3. The number of halogens is 16. The molecule has 4 aromatic carbocycles. The summed E-state index contributed by atoms with van der Waals surface area (Å²) in [6.45, 7) is 0. The Hall–Kier alpha value is -4.22. The fourth-order valence-corrected chi connectivity index (χ4v) is 4.77. The smallest absolute Gasteiger partial charge is 0.191 e. The second-order valence-corrected chi connectivity index (χ2v) is 8.97. The molecule has 44 heavy (non-hydrogen) atoms. The highest BCUT2D eigenvalue weighted by Gasteiger charge is 2.49. The molecule has 0 radical (unpaired) electrons. The molecule has 4 aromatic rings. The van der Waals surface area contributed by atoms with E-state index in [1.54, 1.807) is 0 Å². The predicted molar refractivity (Wildman–Crippen MR) is 123 cm³/mol. The maximum atomic E-state index is 15.3. The van der Waals surface area contributed by atoms with Crippen LogP contribution >= 0.6 is 0 Å². The van der Waals surface area contributed by atoms with Crippen LogP contribution in [0.2, 0.25) is 0 Å². The first-order valence-corrected chi connectivity index (χ1v) is 11.6. The first kappa shape index (κ1) is 34.3. The van der Waals surface area contributed by atoms with E-state index in [0.29, 0.717) is 0 Å². The van der Waals surface area contributed by atoms with Crippen LogP contribution in [0.15, 0.2) is 24.3 Å². The van der Waals surface area contributed by atoms with Crippen molar-refractivity contribution in [2.75, 3.05) is 14.1 Å². The Morgan fingerprint density at radius 3 is 0.636 bits per heavy atom. The average Bonchev–Trinajstić information content (AvgIpc) is 2.92. The highest BCUT2D eigenvalue weighted by atomic mass is 19.2. The van der Waals surface area contributed by atoms with Crippen LogP contribution in [0.4, 0.5) is 70.2 Å². The quantitative estimate of drug-likeness (QED) is 0.148. The second kappa shape index (κ2) is 12.4. The van der Waals surface area contributed by atoms with E-state index in [2.05, 4.69) is 0 Å². The van der Waals surface area contributed by atoms with Crippen LogP contribution in [0.5, 0.6) is 0 Å². The third kappa shape index (κ3) is 5.13. The van der Waals surface area contributed by atoms with E-state index in [1.807, 2.05) is 19.4 Å². The molecule has 4 rings (SSSR count). The summed E-state index contributed by atoms with van der Waals surface area (Å²) in [5.74, 6) is -45.1. The van der Waals surface area contributed by atoms with Crippen molar-refractivity contribution < 1.29 is 75.6 Å². The van der Waals surface area contributed by atoms with Gasteiger partial charge in [0.2, 0.25) is 0 Å². The third-order valence-electron chi connectivity index (χ3n) is 6.33. The summed E-state index contributed by atoms with van der Waals surface area (Å²) in [6, 6.07) is -2.92. The fourth-order valence-electron chi connectivity index (χ4n) is 4.77. The van der Waals surface area contributed by atoms with Crippen molar-refractivity contribution in [1.82, 2.24) is 0 Å². The molecule has 0 saturated heterocycles. The van der Waals surface area contributed by atoms with Gasteiger partial charge in [-0.1, -0.05) is 0 Å². The van der Waals surface area contributed by atoms with E-state index in [1.165, 1.54) is 0 Å². The molecule has 18 heteroatoms. The standard InChI is InChI=1S/C24H4BF16.C2H7N/c26-5-1-9(30)17(34)21(38)13(5)25(14-6(27)2-10(31)18(35)22(14)39,15-7(28)3-11(32)19(36)23(15)40)16-8(29)4-12(33)20(37)24(16)41;1-3-2/h1-4H;3H,1-2H3/q-1;/p+1.